The first-order chi connectivity index (χ1) is 10.3. The molecule has 0 aliphatic carbocycles. The molecule has 0 aliphatic heterocycles. The van der Waals surface area contributed by atoms with E-state index in [2.05, 4.69) is 31.1 Å². The fourth-order valence-corrected chi connectivity index (χ4v) is 3.02. The van der Waals surface area contributed by atoms with Crippen LogP contribution in [-0.4, -0.2) is 17.6 Å². The van der Waals surface area contributed by atoms with E-state index < -0.39 is 0 Å². The van der Waals surface area contributed by atoms with E-state index in [1.54, 1.807) is 0 Å². The number of likely N-dealkylation sites (N-methyl/N-ethyl adjacent to an activating group) is 1. The van der Waals surface area contributed by atoms with Gasteiger partial charge in [0.1, 0.15) is 5.52 Å². The first-order valence-electron chi connectivity index (χ1n) is 8.36. The summed E-state index contributed by atoms with van der Waals surface area (Å²) in [6.07, 6.45) is 5.93. The van der Waals surface area contributed by atoms with Crippen LogP contribution in [0.15, 0.2) is 28.7 Å². The monoisotopic (exact) mass is 288 g/mol. The summed E-state index contributed by atoms with van der Waals surface area (Å²) in [4.78, 5) is 4.63. The zero-order valence-corrected chi connectivity index (χ0v) is 13.6. The van der Waals surface area contributed by atoms with Gasteiger partial charge in [-0.05, 0) is 31.0 Å². The van der Waals surface area contributed by atoms with Gasteiger partial charge >= 0.3 is 0 Å². The van der Waals surface area contributed by atoms with Crippen molar-refractivity contribution in [2.75, 3.05) is 6.54 Å². The van der Waals surface area contributed by atoms with Crippen molar-refractivity contribution in [3.63, 3.8) is 0 Å². The first kappa shape index (κ1) is 16.0. The highest BCUT2D eigenvalue weighted by molar-refractivity contribution is 5.72. The molecular weight excluding hydrogens is 260 g/mol. The van der Waals surface area contributed by atoms with Gasteiger partial charge in [0.25, 0.3) is 0 Å². The van der Waals surface area contributed by atoms with Crippen molar-refractivity contribution in [1.29, 1.82) is 0 Å². The number of aromatic nitrogens is 1. The van der Waals surface area contributed by atoms with Gasteiger partial charge in [0, 0.05) is 12.5 Å². The molecular formula is C18H28N2O. The van der Waals surface area contributed by atoms with Crippen LogP contribution >= 0.6 is 0 Å². The number of fused-ring (bicyclic) bond motifs is 1. The van der Waals surface area contributed by atoms with Gasteiger partial charge in [0.05, 0.1) is 0 Å². The average Bonchev–Trinajstić information content (AvgIpc) is 2.90. The third-order valence-corrected chi connectivity index (χ3v) is 4.22. The molecule has 2 unspecified atom stereocenters. The summed E-state index contributed by atoms with van der Waals surface area (Å²) in [7, 11) is 0. The molecule has 21 heavy (non-hydrogen) atoms. The number of nitrogens with zero attached hydrogens (tertiary/aromatic N) is 1. The zero-order valence-electron chi connectivity index (χ0n) is 13.6. The molecule has 116 valence electrons. The van der Waals surface area contributed by atoms with Crippen molar-refractivity contribution in [3.05, 3.63) is 30.2 Å². The quantitative estimate of drug-likeness (QED) is 0.734. The van der Waals surface area contributed by atoms with Gasteiger partial charge in [-0.3, -0.25) is 0 Å². The molecule has 2 aromatic rings. The summed E-state index contributed by atoms with van der Waals surface area (Å²) >= 11 is 0. The maximum absolute atomic E-state index is 5.89. The molecule has 0 saturated carbocycles. The number of nitrogens with one attached hydrogen (secondary N) is 1. The largest absolute Gasteiger partial charge is 0.441 e. The molecule has 2 rings (SSSR count). The standard InChI is InChI=1S/C18H28N2O/c1-4-7-10-14(5-2)16(19-6-3)13-18-20-15-11-8-9-12-17(15)21-18/h8-9,11-12,14,16,19H,4-7,10,13H2,1-3H3. The van der Waals surface area contributed by atoms with Gasteiger partial charge in [-0.2, -0.15) is 0 Å². The minimum absolute atomic E-state index is 0.458. The van der Waals surface area contributed by atoms with Crippen LogP contribution in [-0.2, 0) is 6.42 Å². The van der Waals surface area contributed by atoms with Crippen molar-refractivity contribution < 1.29 is 4.42 Å². The summed E-state index contributed by atoms with van der Waals surface area (Å²) in [6.45, 7) is 7.71. The Balaban J connectivity index is 2.10. The molecule has 0 spiro atoms. The topological polar surface area (TPSA) is 38.1 Å². The van der Waals surface area contributed by atoms with Gasteiger partial charge < -0.3 is 9.73 Å². The lowest BCUT2D eigenvalue weighted by molar-refractivity contribution is 0.304. The lowest BCUT2D eigenvalue weighted by Gasteiger charge is -2.26. The van der Waals surface area contributed by atoms with Crippen LogP contribution < -0.4 is 5.32 Å². The van der Waals surface area contributed by atoms with Crippen molar-refractivity contribution in [1.82, 2.24) is 10.3 Å². The number of benzene rings is 1. The van der Waals surface area contributed by atoms with Crippen LogP contribution in [0.1, 0.15) is 52.3 Å². The summed E-state index contributed by atoms with van der Waals surface area (Å²) in [6, 6.07) is 8.46. The van der Waals surface area contributed by atoms with Crippen LogP contribution in [0, 0.1) is 5.92 Å². The highest BCUT2D eigenvalue weighted by atomic mass is 16.3. The summed E-state index contributed by atoms with van der Waals surface area (Å²) in [5.41, 5.74) is 1.86. The Hall–Kier alpha value is -1.35. The second kappa shape index (κ2) is 8.18. The zero-order chi connectivity index (χ0) is 15.1. The second-order valence-electron chi connectivity index (χ2n) is 5.75. The molecule has 0 saturated heterocycles. The van der Waals surface area contributed by atoms with E-state index in [4.69, 9.17) is 4.42 Å². The first-order valence-corrected chi connectivity index (χ1v) is 8.36. The molecule has 3 nitrogen and oxygen atoms in total. The highest BCUT2D eigenvalue weighted by Crippen LogP contribution is 2.22. The number of unbranched alkanes of at least 4 members (excludes halogenated alkanes) is 1. The number of hydrogen-bond donors (Lipinski definition) is 1. The summed E-state index contributed by atoms with van der Waals surface area (Å²) in [5, 5.41) is 3.64. The van der Waals surface area contributed by atoms with Crippen molar-refractivity contribution in [3.8, 4) is 0 Å². The fraction of sp³-hybridized carbons (Fsp3) is 0.611. The molecule has 3 heteroatoms. The van der Waals surface area contributed by atoms with Crippen LogP contribution in [0.5, 0.6) is 0 Å². The molecule has 1 aromatic carbocycles. The Morgan fingerprint density at radius 1 is 1.19 bits per heavy atom. The Kier molecular flexibility index (Phi) is 6.24. The molecule has 0 bridgehead atoms. The third kappa shape index (κ3) is 4.31. The lowest BCUT2D eigenvalue weighted by Crippen LogP contribution is -2.38. The van der Waals surface area contributed by atoms with E-state index in [1.807, 2.05) is 24.3 Å². The molecule has 0 amide bonds. The lowest BCUT2D eigenvalue weighted by atomic mass is 9.89. The van der Waals surface area contributed by atoms with E-state index in [0.717, 1.165) is 30.0 Å². The van der Waals surface area contributed by atoms with Gasteiger partial charge in [-0.25, -0.2) is 4.98 Å². The van der Waals surface area contributed by atoms with Crippen LogP contribution in [0.4, 0.5) is 0 Å². The summed E-state index contributed by atoms with van der Waals surface area (Å²) < 4.78 is 5.89. The van der Waals surface area contributed by atoms with Gasteiger partial charge in [-0.1, -0.05) is 52.2 Å². The Morgan fingerprint density at radius 3 is 2.67 bits per heavy atom. The molecule has 2 atom stereocenters. The van der Waals surface area contributed by atoms with E-state index in [9.17, 15) is 0 Å². The molecule has 1 N–H and O–H groups in total. The van der Waals surface area contributed by atoms with Gasteiger partial charge in [0.2, 0.25) is 0 Å². The number of para-hydroxylation sites is 2. The Labute approximate surface area is 128 Å². The van der Waals surface area contributed by atoms with Crippen LogP contribution in [0.25, 0.3) is 11.1 Å². The third-order valence-electron chi connectivity index (χ3n) is 4.22. The maximum atomic E-state index is 5.89. The number of oxazole rings is 1. The Bertz CT molecular complexity index is 502. The molecule has 1 aromatic heterocycles. The SMILES string of the molecule is CCCCC(CC)C(Cc1nc2ccccc2o1)NCC. The van der Waals surface area contributed by atoms with E-state index in [0.29, 0.717) is 12.0 Å². The predicted molar refractivity (Wildman–Crippen MR) is 88.5 cm³/mol. The summed E-state index contributed by atoms with van der Waals surface area (Å²) in [5.74, 6) is 1.55. The van der Waals surface area contributed by atoms with Crippen molar-refractivity contribution >= 4 is 11.1 Å². The minimum atomic E-state index is 0.458. The van der Waals surface area contributed by atoms with E-state index in [-0.39, 0.29) is 0 Å². The average molecular weight is 288 g/mol. The van der Waals surface area contributed by atoms with E-state index in [1.165, 1.54) is 25.7 Å². The van der Waals surface area contributed by atoms with Gasteiger partial charge in [0.15, 0.2) is 11.5 Å². The normalized spacial score (nSPS) is 14.4. The molecule has 0 radical (unpaired) electrons. The van der Waals surface area contributed by atoms with Crippen molar-refractivity contribution in [2.45, 2.75) is 58.9 Å². The second-order valence-corrected chi connectivity index (χ2v) is 5.75. The predicted octanol–water partition coefficient (Wildman–Crippen LogP) is 4.56. The smallest absolute Gasteiger partial charge is 0.197 e. The molecule has 0 aliphatic rings. The van der Waals surface area contributed by atoms with Crippen LogP contribution in [0.3, 0.4) is 0 Å². The number of hydrogen-bond acceptors (Lipinski definition) is 3. The fourth-order valence-electron chi connectivity index (χ4n) is 3.02. The minimum Gasteiger partial charge on any atom is -0.441 e. The van der Waals surface area contributed by atoms with E-state index >= 15 is 0 Å². The Morgan fingerprint density at radius 2 is 2.00 bits per heavy atom. The van der Waals surface area contributed by atoms with Gasteiger partial charge in [-0.15, -0.1) is 0 Å². The molecule has 0 fully saturated rings. The maximum Gasteiger partial charge on any atom is 0.197 e. The number of rotatable bonds is 9. The highest BCUT2D eigenvalue weighted by Gasteiger charge is 2.21. The van der Waals surface area contributed by atoms with Crippen LogP contribution in [0.2, 0.25) is 0 Å². The molecule has 1 heterocycles. The van der Waals surface area contributed by atoms with Crippen molar-refractivity contribution in [2.24, 2.45) is 5.92 Å².